The Morgan fingerprint density at radius 3 is 2.22 bits per heavy atom. The molecule has 0 radical (unpaired) electrons. The Kier molecular flexibility index (Phi) is 7.91. The molecule has 7 heteroatoms. The number of ketones is 1. The Morgan fingerprint density at radius 2 is 1.62 bits per heavy atom. The number of nitrogens with zero attached hydrogens (tertiary/aromatic N) is 1. The van der Waals surface area contributed by atoms with Crippen LogP contribution in [0.25, 0.3) is 0 Å². The van der Waals surface area contributed by atoms with Gasteiger partial charge in [-0.05, 0) is 68.0 Å². The molecule has 2 aliphatic rings. The van der Waals surface area contributed by atoms with Crippen LogP contribution in [0.4, 0.5) is 0 Å². The maximum absolute atomic E-state index is 13.7. The van der Waals surface area contributed by atoms with Crippen molar-refractivity contribution in [3.63, 3.8) is 0 Å². The first-order valence-electron chi connectivity index (χ1n) is 12.7. The zero-order valence-electron chi connectivity index (χ0n) is 21.9. The van der Waals surface area contributed by atoms with Gasteiger partial charge in [0.25, 0.3) is 0 Å². The van der Waals surface area contributed by atoms with Crippen LogP contribution in [0.15, 0.2) is 64.8 Å². The minimum atomic E-state index is -0.714. The lowest BCUT2D eigenvalue weighted by Crippen LogP contribution is -2.39. The smallest absolute Gasteiger partial charge is 0.315 e. The summed E-state index contributed by atoms with van der Waals surface area (Å²) >= 11 is 0. The predicted molar refractivity (Wildman–Crippen MR) is 140 cm³/mol. The number of esters is 2. The molecule has 0 saturated heterocycles. The molecule has 0 N–H and O–H groups in total. The Labute approximate surface area is 217 Å². The summed E-state index contributed by atoms with van der Waals surface area (Å²) in [5, 5.41) is 0. The monoisotopic (exact) mass is 503 g/mol. The number of Topliss-reactive ketones (excluding diaryl/α,β-unsaturated/α-hetero) is 1. The van der Waals surface area contributed by atoms with E-state index < -0.39 is 17.8 Å². The van der Waals surface area contributed by atoms with E-state index in [2.05, 4.69) is 0 Å². The number of carbonyl (C=O) groups excluding carboxylic acids is 3. The Balaban J connectivity index is 1.74. The molecule has 2 aromatic carbocycles. The standard InChI is InChI=1S/C30H33NO6/c1-6-17(2)36-30(34)27-18(3)31-25-15-22(20-7-11-23(35-5)12-8-20)16-26(33)29(25)28(27)21-9-13-24(14-10-21)37-19(4)32/h7-14,17,22,27-28H,6,15-16H2,1-5H3/t17-,22+,27?,28-/m0/s1. The van der Waals surface area contributed by atoms with E-state index in [0.29, 0.717) is 36.3 Å². The zero-order chi connectivity index (χ0) is 26.7. The normalized spacial score (nSPS) is 22.0. The van der Waals surface area contributed by atoms with E-state index in [9.17, 15) is 14.4 Å². The third-order valence-corrected chi connectivity index (χ3v) is 7.12. The molecule has 4 atom stereocenters. The summed E-state index contributed by atoms with van der Waals surface area (Å²) in [6, 6.07) is 14.7. The minimum absolute atomic E-state index is 0.00989. The Morgan fingerprint density at radius 1 is 1.00 bits per heavy atom. The average molecular weight is 504 g/mol. The van der Waals surface area contributed by atoms with Gasteiger partial charge in [0.05, 0.1) is 13.2 Å². The van der Waals surface area contributed by atoms with Crippen LogP contribution in [-0.4, -0.2) is 36.6 Å². The third kappa shape index (κ3) is 5.66. The van der Waals surface area contributed by atoms with Crippen molar-refractivity contribution in [1.29, 1.82) is 0 Å². The summed E-state index contributed by atoms with van der Waals surface area (Å²) in [7, 11) is 1.62. The molecule has 7 nitrogen and oxygen atoms in total. The van der Waals surface area contributed by atoms with E-state index in [0.717, 1.165) is 22.6 Å². The van der Waals surface area contributed by atoms with Gasteiger partial charge in [-0.15, -0.1) is 0 Å². The van der Waals surface area contributed by atoms with Gasteiger partial charge in [0.15, 0.2) is 5.78 Å². The first-order chi connectivity index (χ1) is 17.7. The molecule has 0 amide bonds. The molecule has 1 unspecified atom stereocenters. The van der Waals surface area contributed by atoms with Crippen LogP contribution in [0.5, 0.6) is 11.5 Å². The number of hydrogen-bond donors (Lipinski definition) is 0. The van der Waals surface area contributed by atoms with Gasteiger partial charge in [-0.2, -0.15) is 0 Å². The maximum atomic E-state index is 13.7. The molecule has 194 valence electrons. The van der Waals surface area contributed by atoms with Gasteiger partial charge >= 0.3 is 11.9 Å². The van der Waals surface area contributed by atoms with Gasteiger partial charge in [0.1, 0.15) is 17.4 Å². The molecule has 0 fully saturated rings. The van der Waals surface area contributed by atoms with Crippen molar-refractivity contribution in [3.05, 3.63) is 70.9 Å². The van der Waals surface area contributed by atoms with E-state index in [4.69, 9.17) is 19.2 Å². The number of carbonyl (C=O) groups is 3. The number of methoxy groups -OCH3 is 1. The highest BCUT2D eigenvalue weighted by Crippen LogP contribution is 2.47. The fourth-order valence-corrected chi connectivity index (χ4v) is 5.10. The Hall–Kier alpha value is -3.74. The minimum Gasteiger partial charge on any atom is -0.497 e. The molecule has 37 heavy (non-hydrogen) atoms. The molecular weight excluding hydrogens is 470 g/mol. The van der Waals surface area contributed by atoms with Crippen molar-refractivity contribution >= 4 is 23.4 Å². The predicted octanol–water partition coefficient (Wildman–Crippen LogP) is 5.54. The van der Waals surface area contributed by atoms with E-state index in [1.165, 1.54) is 6.92 Å². The van der Waals surface area contributed by atoms with Gasteiger partial charge in [0, 0.05) is 36.2 Å². The van der Waals surface area contributed by atoms with E-state index in [-0.39, 0.29) is 23.8 Å². The molecule has 0 spiro atoms. The first kappa shape index (κ1) is 26.3. The number of ether oxygens (including phenoxy) is 3. The number of hydrogen-bond acceptors (Lipinski definition) is 7. The van der Waals surface area contributed by atoms with Crippen LogP contribution in [0.2, 0.25) is 0 Å². The molecule has 1 heterocycles. The highest BCUT2D eigenvalue weighted by atomic mass is 16.5. The largest absolute Gasteiger partial charge is 0.497 e. The van der Waals surface area contributed by atoms with Crippen molar-refractivity contribution in [2.24, 2.45) is 10.9 Å². The third-order valence-electron chi connectivity index (χ3n) is 7.12. The van der Waals surface area contributed by atoms with Crippen LogP contribution < -0.4 is 9.47 Å². The van der Waals surface area contributed by atoms with Crippen LogP contribution in [-0.2, 0) is 19.1 Å². The molecule has 4 rings (SSSR count). The number of allylic oxidation sites excluding steroid dienone is 2. The number of benzene rings is 2. The number of aliphatic imine (C=N–C) groups is 1. The fourth-order valence-electron chi connectivity index (χ4n) is 5.10. The fraction of sp³-hybridized carbons (Fsp3) is 0.400. The zero-order valence-corrected chi connectivity index (χ0v) is 21.9. The Bertz CT molecular complexity index is 1240. The first-order valence-corrected chi connectivity index (χ1v) is 12.7. The van der Waals surface area contributed by atoms with Crippen molar-refractivity contribution < 1.29 is 28.6 Å². The second-order valence-corrected chi connectivity index (χ2v) is 9.69. The molecule has 1 aliphatic carbocycles. The summed E-state index contributed by atoms with van der Waals surface area (Å²) in [6.07, 6.45) is 1.37. The topological polar surface area (TPSA) is 91.3 Å². The van der Waals surface area contributed by atoms with Crippen molar-refractivity contribution in [3.8, 4) is 11.5 Å². The van der Waals surface area contributed by atoms with Crippen molar-refractivity contribution in [2.75, 3.05) is 7.11 Å². The van der Waals surface area contributed by atoms with Gasteiger partial charge in [-0.25, -0.2) is 0 Å². The van der Waals surface area contributed by atoms with Gasteiger partial charge in [-0.1, -0.05) is 31.2 Å². The highest BCUT2D eigenvalue weighted by molar-refractivity contribution is 6.09. The maximum Gasteiger partial charge on any atom is 0.315 e. The molecule has 0 saturated carbocycles. The molecule has 0 aromatic heterocycles. The second-order valence-electron chi connectivity index (χ2n) is 9.69. The molecule has 1 aliphatic heterocycles. The van der Waals surface area contributed by atoms with Gasteiger partial charge in [0.2, 0.25) is 0 Å². The van der Waals surface area contributed by atoms with Crippen molar-refractivity contribution in [1.82, 2.24) is 0 Å². The summed E-state index contributed by atoms with van der Waals surface area (Å²) in [5.41, 5.74) is 3.75. The highest BCUT2D eigenvalue weighted by Gasteiger charge is 2.45. The average Bonchev–Trinajstić information content (AvgIpc) is 2.87. The quantitative estimate of drug-likeness (QED) is 0.364. The molecule has 0 bridgehead atoms. The van der Waals surface area contributed by atoms with Crippen LogP contribution >= 0.6 is 0 Å². The lowest BCUT2D eigenvalue weighted by Gasteiger charge is -2.37. The van der Waals surface area contributed by atoms with Crippen LogP contribution in [0, 0.1) is 5.92 Å². The summed E-state index contributed by atoms with van der Waals surface area (Å²) in [5.74, 6) is -0.912. The summed E-state index contributed by atoms with van der Waals surface area (Å²) in [6.45, 7) is 6.97. The van der Waals surface area contributed by atoms with Gasteiger partial charge in [-0.3, -0.25) is 19.4 Å². The van der Waals surface area contributed by atoms with E-state index in [1.54, 1.807) is 31.4 Å². The lowest BCUT2D eigenvalue weighted by atomic mass is 9.69. The summed E-state index contributed by atoms with van der Waals surface area (Å²) < 4.78 is 16.2. The van der Waals surface area contributed by atoms with E-state index >= 15 is 0 Å². The lowest BCUT2D eigenvalue weighted by molar-refractivity contribution is -0.151. The number of rotatable bonds is 7. The van der Waals surface area contributed by atoms with Crippen molar-refractivity contribution in [2.45, 2.75) is 64.9 Å². The van der Waals surface area contributed by atoms with E-state index in [1.807, 2.05) is 45.0 Å². The van der Waals surface area contributed by atoms with Crippen LogP contribution in [0.1, 0.15) is 69.9 Å². The van der Waals surface area contributed by atoms with Crippen LogP contribution in [0.3, 0.4) is 0 Å². The molecular formula is C30H33NO6. The molecule has 2 aromatic rings. The second kappa shape index (κ2) is 11.1. The van der Waals surface area contributed by atoms with Gasteiger partial charge < -0.3 is 14.2 Å². The summed E-state index contributed by atoms with van der Waals surface area (Å²) in [4.78, 5) is 43.3. The SMILES string of the molecule is CC[C@H](C)OC(=O)C1C(C)=NC2=C(C(=O)C[C@H](c3ccc(OC)cc3)C2)[C@H]1c1ccc(OC(C)=O)cc1.